The minimum atomic E-state index is -0.111. The maximum Gasteiger partial charge on any atom is 0.253 e. The number of hydrogen-bond acceptors (Lipinski definition) is 3. The van der Waals surface area contributed by atoms with Gasteiger partial charge in [0.15, 0.2) is 0 Å². The Morgan fingerprint density at radius 3 is 2.47 bits per heavy atom. The number of carbonyl (C=O) groups excluding carboxylic acids is 2. The Labute approximate surface area is 179 Å². The fourth-order valence-corrected chi connectivity index (χ4v) is 3.84. The third-order valence-corrected chi connectivity index (χ3v) is 5.52. The molecule has 2 aromatic rings. The fraction of sp³-hybridized carbons (Fsp3) is 0.440. The first kappa shape index (κ1) is 21.9. The molecule has 1 saturated heterocycles. The lowest BCUT2D eigenvalue weighted by atomic mass is 10.1. The molecule has 0 spiro atoms. The predicted octanol–water partition coefficient (Wildman–Crippen LogP) is 5.13. The molecule has 2 aromatic carbocycles. The molecule has 0 radical (unpaired) electrons. The Morgan fingerprint density at radius 2 is 1.73 bits per heavy atom. The number of rotatable bonds is 10. The third-order valence-electron chi connectivity index (χ3n) is 5.52. The lowest BCUT2D eigenvalue weighted by Gasteiger charge is -2.22. The molecule has 0 atom stereocenters. The highest BCUT2D eigenvalue weighted by Crippen LogP contribution is 2.28. The highest BCUT2D eigenvalue weighted by atomic mass is 16.2. The van der Waals surface area contributed by atoms with Crippen molar-refractivity contribution < 1.29 is 9.59 Å². The zero-order chi connectivity index (χ0) is 21.2. The van der Waals surface area contributed by atoms with Gasteiger partial charge in [-0.15, -0.1) is 0 Å². The van der Waals surface area contributed by atoms with E-state index in [1.54, 1.807) is 0 Å². The summed E-state index contributed by atoms with van der Waals surface area (Å²) in [7, 11) is 0. The maximum absolute atomic E-state index is 13.0. The van der Waals surface area contributed by atoms with Gasteiger partial charge < -0.3 is 15.5 Å². The van der Waals surface area contributed by atoms with Gasteiger partial charge in [-0.1, -0.05) is 56.5 Å². The van der Waals surface area contributed by atoms with Crippen LogP contribution in [0.15, 0.2) is 48.5 Å². The molecule has 1 fully saturated rings. The van der Waals surface area contributed by atoms with E-state index in [0.717, 1.165) is 62.9 Å². The molecule has 1 aliphatic heterocycles. The van der Waals surface area contributed by atoms with Gasteiger partial charge in [-0.2, -0.15) is 0 Å². The minimum absolute atomic E-state index is 0.00988. The summed E-state index contributed by atoms with van der Waals surface area (Å²) in [6.07, 6.45) is 7.08. The van der Waals surface area contributed by atoms with E-state index < -0.39 is 0 Å². The van der Waals surface area contributed by atoms with Crippen molar-refractivity contribution in [3.05, 3.63) is 59.7 Å². The Balaban J connectivity index is 1.70. The molecule has 30 heavy (non-hydrogen) atoms. The first-order valence-electron chi connectivity index (χ1n) is 11.2. The SMILES string of the molecule is CCCCCCC(=O)Nc1ccc(N2CCCC2)c(C(=O)NCc2ccccc2)c1. The summed E-state index contributed by atoms with van der Waals surface area (Å²) in [5, 5.41) is 6.00. The second-order valence-corrected chi connectivity index (χ2v) is 7.95. The third kappa shape index (κ3) is 6.34. The summed E-state index contributed by atoms with van der Waals surface area (Å²) in [6, 6.07) is 15.6. The first-order valence-corrected chi connectivity index (χ1v) is 11.2. The van der Waals surface area contributed by atoms with E-state index in [-0.39, 0.29) is 11.8 Å². The molecule has 2 N–H and O–H groups in total. The molecule has 3 rings (SSSR count). The number of amides is 2. The molecule has 0 saturated carbocycles. The number of anilines is 2. The van der Waals surface area contributed by atoms with Crippen molar-refractivity contribution >= 4 is 23.2 Å². The van der Waals surface area contributed by atoms with Crippen LogP contribution in [0.1, 0.15) is 67.8 Å². The van der Waals surface area contributed by atoms with Gasteiger partial charge in [0.25, 0.3) is 5.91 Å². The predicted molar refractivity (Wildman–Crippen MR) is 123 cm³/mol. The van der Waals surface area contributed by atoms with Crippen LogP contribution in [-0.4, -0.2) is 24.9 Å². The van der Waals surface area contributed by atoms with Crippen molar-refractivity contribution in [2.75, 3.05) is 23.3 Å². The number of unbranched alkanes of at least 4 members (excludes halogenated alkanes) is 3. The van der Waals surface area contributed by atoms with Crippen LogP contribution in [0.25, 0.3) is 0 Å². The Kier molecular flexibility index (Phi) is 8.30. The molecule has 0 unspecified atom stereocenters. The number of hydrogen-bond donors (Lipinski definition) is 2. The highest BCUT2D eigenvalue weighted by molar-refractivity contribution is 6.02. The van der Waals surface area contributed by atoms with Gasteiger partial charge >= 0.3 is 0 Å². The van der Waals surface area contributed by atoms with E-state index in [9.17, 15) is 9.59 Å². The van der Waals surface area contributed by atoms with E-state index in [2.05, 4.69) is 22.5 Å². The zero-order valence-electron chi connectivity index (χ0n) is 18.0. The average Bonchev–Trinajstić information content (AvgIpc) is 3.30. The standard InChI is InChI=1S/C25H33N3O2/c1-2-3-4-8-13-24(29)27-21-14-15-23(28-16-9-10-17-28)22(18-21)25(30)26-19-20-11-6-5-7-12-20/h5-7,11-12,14-15,18H,2-4,8-10,13,16-17,19H2,1H3,(H,26,30)(H,27,29). The van der Waals surface area contributed by atoms with Gasteiger partial charge in [0.1, 0.15) is 0 Å². The molecule has 0 bridgehead atoms. The summed E-state index contributed by atoms with van der Waals surface area (Å²) in [5.74, 6) is -0.101. The average molecular weight is 408 g/mol. The normalized spacial score (nSPS) is 13.3. The van der Waals surface area contributed by atoms with E-state index in [0.29, 0.717) is 24.2 Å². The Morgan fingerprint density at radius 1 is 0.967 bits per heavy atom. The Bertz CT molecular complexity index is 830. The largest absolute Gasteiger partial charge is 0.371 e. The smallest absolute Gasteiger partial charge is 0.253 e. The van der Waals surface area contributed by atoms with Crippen LogP contribution in [0.4, 0.5) is 11.4 Å². The summed E-state index contributed by atoms with van der Waals surface area (Å²) in [5.41, 5.74) is 3.31. The van der Waals surface area contributed by atoms with Gasteiger partial charge in [-0.3, -0.25) is 9.59 Å². The van der Waals surface area contributed by atoms with Crippen LogP contribution in [0.3, 0.4) is 0 Å². The number of carbonyl (C=O) groups is 2. The molecule has 1 heterocycles. The molecule has 5 nitrogen and oxygen atoms in total. The summed E-state index contributed by atoms with van der Waals surface area (Å²) >= 11 is 0. The lowest BCUT2D eigenvalue weighted by Crippen LogP contribution is -2.27. The number of benzene rings is 2. The van der Waals surface area contributed by atoms with Crippen LogP contribution in [0, 0.1) is 0 Å². The van der Waals surface area contributed by atoms with Crippen LogP contribution in [-0.2, 0) is 11.3 Å². The molecule has 2 amide bonds. The molecular formula is C25H33N3O2. The molecular weight excluding hydrogens is 374 g/mol. The van der Waals surface area contributed by atoms with E-state index in [1.165, 1.54) is 0 Å². The van der Waals surface area contributed by atoms with E-state index in [1.807, 2.05) is 48.5 Å². The Hall–Kier alpha value is -2.82. The van der Waals surface area contributed by atoms with Crippen molar-refractivity contribution in [2.24, 2.45) is 0 Å². The van der Waals surface area contributed by atoms with Gasteiger partial charge in [-0.05, 0) is 43.0 Å². The van der Waals surface area contributed by atoms with Gasteiger partial charge in [0, 0.05) is 37.4 Å². The number of nitrogens with one attached hydrogen (secondary N) is 2. The summed E-state index contributed by atoms with van der Waals surface area (Å²) in [6.45, 7) is 4.56. The topological polar surface area (TPSA) is 61.4 Å². The first-order chi connectivity index (χ1) is 14.7. The monoisotopic (exact) mass is 407 g/mol. The van der Waals surface area contributed by atoms with Crippen LogP contribution in [0.2, 0.25) is 0 Å². The van der Waals surface area contributed by atoms with Crippen molar-refractivity contribution in [3.63, 3.8) is 0 Å². The molecule has 0 aromatic heterocycles. The van der Waals surface area contributed by atoms with Crippen molar-refractivity contribution in [3.8, 4) is 0 Å². The van der Waals surface area contributed by atoms with E-state index in [4.69, 9.17) is 0 Å². The quantitative estimate of drug-likeness (QED) is 0.537. The maximum atomic E-state index is 13.0. The van der Waals surface area contributed by atoms with Crippen molar-refractivity contribution in [2.45, 2.75) is 58.4 Å². The van der Waals surface area contributed by atoms with Gasteiger partial charge in [-0.25, -0.2) is 0 Å². The molecule has 1 aliphatic rings. The van der Waals surface area contributed by atoms with Crippen molar-refractivity contribution in [1.29, 1.82) is 0 Å². The minimum Gasteiger partial charge on any atom is -0.371 e. The van der Waals surface area contributed by atoms with Gasteiger partial charge in [0.2, 0.25) is 5.91 Å². The zero-order valence-corrected chi connectivity index (χ0v) is 18.0. The van der Waals surface area contributed by atoms with Crippen LogP contribution in [0.5, 0.6) is 0 Å². The van der Waals surface area contributed by atoms with Crippen LogP contribution < -0.4 is 15.5 Å². The van der Waals surface area contributed by atoms with Gasteiger partial charge in [0.05, 0.1) is 5.56 Å². The van der Waals surface area contributed by atoms with Crippen molar-refractivity contribution in [1.82, 2.24) is 5.32 Å². The highest BCUT2D eigenvalue weighted by Gasteiger charge is 2.20. The number of nitrogens with zero attached hydrogens (tertiary/aromatic N) is 1. The molecule has 0 aliphatic carbocycles. The fourth-order valence-electron chi connectivity index (χ4n) is 3.84. The molecule has 160 valence electrons. The second kappa shape index (κ2) is 11.4. The summed E-state index contributed by atoms with van der Waals surface area (Å²) in [4.78, 5) is 27.6. The van der Waals surface area contributed by atoms with Crippen LogP contribution >= 0.6 is 0 Å². The molecule has 5 heteroatoms. The van der Waals surface area contributed by atoms with E-state index >= 15 is 0 Å². The lowest BCUT2D eigenvalue weighted by molar-refractivity contribution is -0.116. The second-order valence-electron chi connectivity index (χ2n) is 7.95. The summed E-state index contributed by atoms with van der Waals surface area (Å²) < 4.78 is 0.